The van der Waals surface area contributed by atoms with Gasteiger partial charge in [-0.15, -0.1) is 11.3 Å². The molecule has 1 aliphatic carbocycles. The highest BCUT2D eigenvalue weighted by molar-refractivity contribution is 7.15. The van der Waals surface area contributed by atoms with Crippen LogP contribution in [0.25, 0.3) is 4.96 Å². The molecule has 0 unspecified atom stereocenters. The molecule has 0 atom stereocenters. The summed E-state index contributed by atoms with van der Waals surface area (Å²) in [5, 5.41) is 1.96. The lowest BCUT2D eigenvalue weighted by molar-refractivity contribution is -0.134. The summed E-state index contributed by atoms with van der Waals surface area (Å²) in [6.45, 7) is 0.262. The van der Waals surface area contributed by atoms with Crippen LogP contribution in [0.3, 0.4) is 0 Å². The number of carbonyl (C=O) groups is 2. The van der Waals surface area contributed by atoms with Crippen LogP contribution in [0.2, 0.25) is 0 Å². The first-order valence-corrected chi connectivity index (χ1v) is 8.51. The number of aromatic nitrogens is 2. The standard InChI is InChI=1S/C15H18N4O2S/c1-17-14(21)19(12(20)15(17)5-3-2-4-6-15)10-11-9-18-7-8-22-13(18)16-11/h7-9H,2-6,10H2,1H3. The molecule has 0 radical (unpaired) electrons. The molecule has 0 bridgehead atoms. The first-order chi connectivity index (χ1) is 10.6. The quantitative estimate of drug-likeness (QED) is 0.799. The topological polar surface area (TPSA) is 57.9 Å². The number of imide groups is 1. The summed E-state index contributed by atoms with van der Waals surface area (Å²) in [6, 6.07) is -0.191. The smallest absolute Gasteiger partial charge is 0.313 e. The zero-order valence-corrected chi connectivity index (χ0v) is 13.3. The maximum atomic E-state index is 12.9. The molecule has 2 aromatic rings. The fourth-order valence-electron chi connectivity index (χ4n) is 3.69. The third-order valence-corrected chi connectivity index (χ3v) is 5.72. The van der Waals surface area contributed by atoms with Gasteiger partial charge in [-0.1, -0.05) is 19.3 Å². The molecule has 7 heteroatoms. The van der Waals surface area contributed by atoms with Crippen LogP contribution in [-0.2, 0) is 11.3 Å². The summed E-state index contributed by atoms with van der Waals surface area (Å²) < 4.78 is 1.92. The Bertz CT molecular complexity index is 715. The van der Waals surface area contributed by atoms with Crippen molar-refractivity contribution in [3.8, 4) is 0 Å². The zero-order valence-electron chi connectivity index (χ0n) is 12.5. The molecule has 2 aromatic heterocycles. The van der Waals surface area contributed by atoms with Crippen molar-refractivity contribution in [1.82, 2.24) is 19.2 Å². The summed E-state index contributed by atoms with van der Waals surface area (Å²) in [5.74, 6) is -0.0453. The Hall–Kier alpha value is -1.89. The van der Waals surface area contributed by atoms with Crippen LogP contribution in [0.1, 0.15) is 37.8 Å². The Kier molecular flexibility index (Phi) is 3.00. The van der Waals surface area contributed by atoms with E-state index >= 15 is 0 Å². The number of rotatable bonds is 2. The van der Waals surface area contributed by atoms with Crippen molar-refractivity contribution < 1.29 is 9.59 Å². The zero-order chi connectivity index (χ0) is 15.3. The number of likely N-dealkylation sites (N-methyl/N-ethyl adjacent to an activating group) is 1. The van der Waals surface area contributed by atoms with Crippen LogP contribution >= 0.6 is 11.3 Å². The van der Waals surface area contributed by atoms with Gasteiger partial charge in [-0.3, -0.25) is 14.1 Å². The Morgan fingerprint density at radius 1 is 1.27 bits per heavy atom. The van der Waals surface area contributed by atoms with E-state index in [1.165, 1.54) is 4.90 Å². The molecule has 0 N–H and O–H groups in total. The van der Waals surface area contributed by atoms with E-state index in [1.807, 2.05) is 22.2 Å². The molecule has 1 saturated carbocycles. The van der Waals surface area contributed by atoms with Gasteiger partial charge >= 0.3 is 6.03 Å². The molecule has 22 heavy (non-hydrogen) atoms. The van der Waals surface area contributed by atoms with E-state index in [2.05, 4.69) is 4.98 Å². The lowest BCUT2D eigenvalue weighted by Crippen LogP contribution is -2.49. The molecular formula is C15H18N4O2S. The molecule has 1 saturated heterocycles. The van der Waals surface area contributed by atoms with Crippen molar-refractivity contribution in [2.45, 2.75) is 44.2 Å². The van der Waals surface area contributed by atoms with Crippen molar-refractivity contribution in [3.63, 3.8) is 0 Å². The second-order valence-corrected chi connectivity index (χ2v) is 7.02. The maximum Gasteiger partial charge on any atom is 0.327 e. The highest BCUT2D eigenvalue weighted by Crippen LogP contribution is 2.39. The van der Waals surface area contributed by atoms with Gasteiger partial charge in [-0.05, 0) is 12.8 Å². The van der Waals surface area contributed by atoms with Crippen molar-refractivity contribution in [3.05, 3.63) is 23.5 Å². The molecule has 116 valence electrons. The molecule has 1 spiro atoms. The predicted molar refractivity (Wildman–Crippen MR) is 82.6 cm³/mol. The maximum absolute atomic E-state index is 12.9. The average Bonchev–Trinajstić information content (AvgIpc) is 3.15. The number of nitrogens with zero attached hydrogens (tertiary/aromatic N) is 4. The first kappa shape index (κ1) is 13.8. The van der Waals surface area contributed by atoms with E-state index in [4.69, 9.17) is 0 Å². The second-order valence-electron chi connectivity index (χ2n) is 6.15. The number of hydrogen-bond donors (Lipinski definition) is 0. The summed E-state index contributed by atoms with van der Waals surface area (Å²) >= 11 is 1.54. The molecule has 2 aliphatic rings. The Morgan fingerprint density at radius 3 is 2.77 bits per heavy atom. The number of fused-ring (bicyclic) bond motifs is 1. The third kappa shape index (κ3) is 1.81. The Balaban J connectivity index is 1.62. The van der Waals surface area contributed by atoms with Crippen molar-refractivity contribution in [2.75, 3.05) is 7.05 Å². The van der Waals surface area contributed by atoms with E-state index in [1.54, 1.807) is 23.3 Å². The van der Waals surface area contributed by atoms with E-state index in [0.717, 1.165) is 42.8 Å². The molecule has 3 amide bonds. The van der Waals surface area contributed by atoms with E-state index in [0.29, 0.717) is 0 Å². The van der Waals surface area contributed by atoms with Crippen molar-refractivity contribution in [1.29, 1.82) is 0 Å². The van der Waals surface area contributed by atoms with Gasteiger partial charge in [0.05, 0.1) is 12.2 Å². The number of thiazole rings is 1. The van der Waals surface area contributed by atoms with Crippen molar-refractivity contribution >= 4 is 28.2 Å². The summed E-state index contributed by atoms with van der Waals surface area (Å²) in [6.07, 6.45) is 8.55. The van der Waals surface area contributed by atoms with Crippen LogP contribution in [0.15, 0.2) is 17.8 Å². The average molecular weight is 318 g/mol. The number of urea groups is 1. The highest BCUT2D eigenvalue weighted by Gasteiger charge is 2.55. The lowest BCUT2D eigenvalue weighted by atomic mass is 9.81. The minimum absolute atomic E-state index is 0.0453. The summed E-state index contributed by atoms with van der Waals surface area (Å²) in [7, 11) is 1.76. The second kappa shape index (κ2) is 4.81. The minimum Gasteiger partial charge on any atom is -0.313 e. The third-order valence-electron chi connectivity index (χ3n) is 4.95. The fourth-order valence-corrected chi connectivity index (χ4v) is 4.40. The monoisotopic (exact) mass is 318 g/mol. The van der Waals surface area contributed by atoms with Gasteiger partial charge in [0.1, 0.15) is 5.54 Å². The molecule has 3 heterocycles. The Labute approximate surface area is 132 Å². The number of hydrogen-bond acceptors (Lipinski definition) is 4. The number of carbonyl (C=O) groups excluding carboxylic acids is 2. The van der Waals surface area contributed by atoms with Gasteiger partial charge < -0.3 is 4.90 Å². The molecule has 6 nitrogen and oxygen atoms in total. The van der Waals surface area contributed by atoms with Gasteiger partial charge in [-0.2, -0.15) is 0 Å². The molecule has 4 rings (SSSR count). The molecule has 0 aromatic carbocycles. The highest BCUT2D eigenvalue weighted by atomic mass is 32.1. The van der Waals surface area contributed by atoms with Crippen molar-refractivity contribution in [2.24, 2.45) is 0 Å². The van der Waals surface area contributed by atoms with Gasteiger partial charge in [0.25, 0.3) is 5.91 Å². The van der Waals surface area contributed by atoms with Crippen LogP contribution in [0.5, 0.6) is 0 Å². The van der Waals surface area contributed by atoms with Gasteiger partial charge in [0.2, 0.25) is 0 Å². The molecular weight excluding hydrogens is 300 g/mol. The van der Waals surface area contributed by atoms with Crippen LogP contribution < -0.4 is 0 Å². The Morgan fingerprint density at radius 2 is 2.05 bits per heavy atom. The first-order valence-electron chi connectivity index (χ1n) is 7.63. The molecule has 1 aliphatic heterocycles. The van der Waals surface area contributed by atoms with Crippen LogP contribution in [0, 0.1) is 0 Å². The van der Waals surface area contributed by atoms with Gasteiger partial charge in [0, 0.05) is 24.8 Å². The fraction of sp³-hybridized carbons (Fsp3) is 0.533. The summed E-state index contributed by atoms with van der Waals surface area (Å²) in [4.78, 5) is 33.8. The van der Waals surface area contributed by atoms with E-state index < -0.39 is 5.54 Å². The van der Waals surface area contributed by atoms with E-state index in [9.17, 15) is 9.59 Å². The van der Waals surface area contributed by atoms with E-state index in [-0.39, 0.29) is 18.5 Å². The van der Waals surface area contributed by atoms with Crippen LogP contribution in [0.4, 0.5) is 4.79 Å². The lowest BCUT2D eigenvalue weighted by Gasteiger charge is -2.35. The molecule has 2 fully saturated rings. The van der Waals surface area contributed by atoms with Crippen LogP contribution in [-0.4, -0.2) is 43.7 Å². The predicted octanol–water partition coefficient (Wildman–Crippen LogP) is 2.49. The minimum atomic E-state index is -0.605. The summed E-state index contributed by atoms with van der Waals surface area (Å²) in [5.41, 5.74) is 0.154. The SMILES string of the molecule is CN1C(=O)N(Cc2cn3ccsc3n2)C(=O)C12CCCCC2. The normalized spacial score (nSPS) is 21.5. The largest absolute Gasteiger partial charge is 0.327 e. The van der Waals surface area contributed by atoms with Gasteiger partial charge in [-0.25, -0.2) is 9.78 Å². The number of amides is 3. The van der Waals surface area contributed by atoms with Gasteiger partial charge in [0.15, 0.2) is 4.96 Å². The number of imidazole rings is 1.